The lowest BCUT2D eigenvalue weighted by molar-refractivity contribution is 0.181. The van der Waals surface area contributed by atoms with Crippen molar-refractivity contribution in [3.63, 3.8) is 0 Å². The first kappa shape index (κ1) is 17.9. The van der Waals surface area contributed by atoms with Crippen molar-refractivity contribution in [2.75, 3.05) is 18.1 Å². The molecule has 1 atom stereocenters. The molecule has 4 rings (SSSR count). The van der Waals surface area contributed by atoms with E-state index < -0.39 is 0 Å². The maximum Gasteiger partial charge on any atom is 0.414 e. The molecule has 0 spiro atoms. The number of fused-ring (bicyclic) bond motifs is 1. The normalized spacial score (nSPS) is 18.8. The van der Waals surface area contributed by atoms with Crippen LogP contribution in [0.2, 0.25) is 0 Å². The van der Waals surface area contributed by atoms with E-state index in [1.165, 1.54) is 0 Å². The number of benzene rings is 1. The molecule has 1 unspecified atom stereocenters. The highest BCUT2D eigenvalue weighted by atomic mass is 16.6. The average Bonchev–Trinajstić information content (AvgIpc) is 3.24. The number of nitrogens with two attached hydrogens (primary N) is 1. The van der Waals surface area contributed by atoms with Gasteiger partial charge >= 0.3 is 6.09 Å². The Labute approximate surface area is 162 Å². The molecular formula is C20H21N5O3. The minimum absolute atomic E-state index is 0.0862. The molecule has 1 aromatic heterocycles. The number of nitriles is 1. The van der Waals surface area contributed by atoms with Crippen molar-refractivity contribution < 1.29 is 14.3 Å². The van der Waals surface area contributed by atoms with E-state index in [0.717, 1.165) is 22.5 Å². The molecule has 2 aliphatic rings. The Bertz CT molecular complexity index is 1010. The minimum atomic E-state index is -0.374. The molecule has 1 aromatic carbocycles. The highest BCUT2D eigenvalue weighted by Gasteiger charge is 2.36. The first-order chi connectivity index (χ1) is 13.4. The van der Waals surface area contributed by atoms with Crippen molar-refractivity contribution in [1.29, 1.82) is 5.26 Å². The fourth-order valence-electron chi connectivity index (χ4n) is 3.70. The molecule has 0 radical (unpaired) electrons. The summed E-state index contributed by atoms with van der Waals surface area (Å²) >= 11 is 0. The molecule has 2 aromatic rings. The Kier molecular flexibility index (Phi) is 4.23. The number of carbonyl (C=O) groups excluding carboxylic acids is 1. The molecule has 8 nitrogen and oxygen atoms in total. The number of cyclic esters (lactones) is 1. The van der Waals surface area contributed by atoms with Gasteiger partial charge in [0.2, 0.25) is 11.8 Å². The van der Waals surface area contributed by atoms with E-state index in [0.29, 0.717) is 24.6 Å². The number of allylic oxidation sites excluding steroid dienone is 1. The van der Waals surface area contributed by atoms with Gasteiger partial charge < -0.3 is 15.2 Å². The van der Waals surface area contributed by atoms with Crippen molar-refractivity contribution in [2.45, 2.75) is 32.7 Å². The Morgan fingerprint density at radius 1 is 1.32 bits per heavy atom. The largest absolute Gasteiger partial charge is 0.447 e. The van der Waals surface area contributed by atoms with Crippen LogP contribution < -0.4 is 15.4 Å². The van der Waals surface area contributed by atoms with Crippen LogP contribution in [0.1, 0.15) is 42.6 Å². The third-order valence-electron chi connectivity index (χ3n) is 5.04. The van der Waals surface area contributed by atoms with Gasteiger partial charge in [0.05, 0.1) is 29.8 Å². The number of anilines is 1. The summed E-state index contributed by atoms with van der Waals surface area (Å²) in [5.41, 5.74) is 9.70. The van der Waals surface area contributed by atoms with Gasteiger partial charge in [0.25, 0.3) is 0 Å². The molecule has 0 saturated carbocycles. The van der Waals surface area contributed by atoms with Crippen molar-refractivity contribution in [2.24, 2.45) is 5.73 Å². The zero-order chi connectivity index (χ0) is 20.0. The molecule has 0 aliphatic carbocycles. The standard InChI is InChI=1S/C20H21N5O3/c1-11(2)25-19-16(12(3)23-25)17(15(10-21)18(22)28-19)13-4-6-14(7-5-13)24-8-9-27-20(24)26/h4-7,11,17H,8-9,22H2,1-3H3. The average molecular weight is 379 g/mol. The Hall–Kier alpha value is -3.47. The molecule has 2 N–H and O–H groups in total. The van der Waals surface area contributed by atoms with Gasteiger partial charge in [-0.25, -0.2) is 9.48 Å². The van der Waals surface area contributed by atoms with Crippen molar-refractivity contribution in [3.05, 3.63) is 52.5 Å². The summed E-state index contributed by atoms with van der Waals surface area (Å²) < 4.78 is 12.6. The second-order valence-corrected chi connectivity index (χ2v) is 7.12. The minimum Gasteiger partial charge on any atom is -0.447 e. The summed E-state index contributed by atoms with van der Waals surface area (Å²) in [4.78, 5) is 13.4. The molecule has 28 heavy (non-hydrogen) atoms. The second-order valence-electron chi connectivity index (χ2n) is 7.12. The van der Waals surface area contributed by atoms with Gasteiger partial charge in [0.1, 0.15) is 18.2 Å². The van der Waals surface area contributed by atoms with Crippen LogP contribution in [0.15, 0.2) is 35.7 Å². The highest BCUT2D eigenvalue weighted by molar-refractivity contribution is 5.89. The van der Waals surface area contributed by atoms with E-state index in [1.807, 2.05) is 45.0 Å². The Morgan fingerprint density at radius 3 is 2.61 bits per heavy atom. The van der Waals surface area contributed by atoms with Crippen LogP contribution in [0.5, 0.6) is 5.88 Å². The summed E-state index contributed by atoms with van der Waals surface area (Å²) in [6.45, 7) is 6.83. The van der Waals surface area contributed by atoms with Crippen molar-refractivity contribution in [3.8, 4) is 11.9 Å². The van der Waals surface area contributed by atoms with Crippen LogP contribution in [0, 0.1) is 18.3 Å². The van der Waals surface area contributed by atoms with Gasteiger partial charge in [0.15, 0.2) is 0 Å². The lowest BCUT2D eigenvalue weighted by atomic mass is 9.84. The van der Waals surface area contributed by atoms with Gasteiger partial charge in [-0.3, -0.25) is 4.90 Å². The summed E-state index contributed by atoms with van der Waals surface area (Å²) in [6.07, 6.45) is -0.350. The first-order valence-electron chi connectivity index (χ1n) is 9.13. The second kappa shape index (κ2) is 6.60. The number of aryl methyl sites for hydroxylation is 1. The van der Waals surface area contributed by atoms with Crippen LogP contribution in [-0.2, 0) is 4.74 Å². The van der Waals surface area contributed by atoms with Crippen molar-refractivity contribution in [1.82, 2.24) is 9.78 Å². The number of nitrogens with zero attached hydrogens (tertiary/aromatic N) is 4. The maximum atomic E-state index is 11.8. The quantitative estimate of drug-likeness (QED) is 0.879. The predicted molar refractivity (Wildman–Crippen MR) is 102 cm³/mol. The number of aromatic nitrogens is 2. The predicted octanol–water partition coefficient (Wildman–Crippen LogP) is 2.95. The summed E-state index contributed by atoms with van der Waals surface area (Å²) in [5, 5.41) is 14.3. The molecule has 1 amide bonds. The van der Waals surface area contributed by atoms with Gasteiger partial charge in [-0.2, -0.15) is 10.4 Å². The van der Waals surface area contributed by atoms with Crippen LogP contribution in [-0.4, -0.2) is 29.0 Å². The number of amides is 1. The fourth-order valence-corrected chi connectivity index (χ4v) is 3.70. The highest BCUT2D eigenvalue weighted by Crippen LogP contribution is 2.44. The van der Waals surface area contributed by atoms with E-state index in [2.05, 4.69) is 11.2 Å². The van der Waals surface area contributed by atoms with Gasteiger partial charge in [-0.05, 0) is 38.5 Å². The van der Waals surface area contributed by atoms with Gasteiger partial charge in [0, 0.05) is 5.69 Å². The van der Waals surface area contributed by atoms with E-state index in [1.54, 1.807) is 9.58 Å². The summed E-state index contributed by atoms with van der Waals surface area (Å²) in [5.74, 6) is 0.288. The number of ether oxygens (including phenoxy) is 2. The number of carbonyl (C=O) groups is 1. The first-order valence-corrected chi connectivity index (χ1v) is 9.13. The van der Waals surface area contributed by atoms with E-state index >= 15 is 0 Å². The monoisotopic (exact) mass is 379 g/mol. The van der Waals surface area contributed by atoms with Gasteiger partial charge in [-0.15, -0.1) is 0 Å². The number of hydrogen-bond acceptors (Lipinski definition) is 6. The molecule has 0 bridgehead atoms. The third-order valence-corrected chi connectivity index (χ3v) is 5.04. The SMILES string of the molecule is Cc1nn(C(C)C)c2c1C(c1ccc(N3CCOC3=O)cc1)C(C#N)=C(N)O2. The lowest BCUT2D eigenvalue weighted by Gasteiger charge is -2.25. The summed E-state index contributed by atoms with van der Waals surface area (Å²) in [7, 11) is 0. The number of rotatable bonds is 3. The molecule has 144 valence electrons. The van der Waals surface area contributed by atoms with E-state index in [9.17, 15) is 10.1 Å². The van der Waals surface area contributed by atoms with E-state index in [-0.39, 0.29) is 23.9 Å². The topological polar surface area (TPSA) is 106 Å². The molecule has 3 heterocycles. The zero-order valence-corrected chi connectivity index (χ0v) is 16.0. The van der Waals surface area contributed by atoms with E-state index in [4.69, 9.17) is 15.2 Å². The van der Waals surface area contributed by atoms with Crippen LogP contribution >= 0.6 is 0 Å². The van der Waals surface area contributed by atoms with Crippen molar-refractivity contribution >= 4 is 11.8 Å². The molecular weight excluding hydrogens is 358 g/mol. The maximum absolute atomic E-state index is 11.8. The van der Waals surface area contributed by atoms with Crippen LogP contribution in [0.25, 0.3) is 0 Å². The van der Waals surface area contributed by atoms with Gasteiger partial charge in [-0.1, -0.05) is 12.1 Å². The molecule has 8 heteroatoms. The third kappa shape index (κ3) is 2.67. The molecule has 1 fully saturated rings. The fraction of sp³-hybridized carbons (Fsp3) is 0.350. The molecule has 1 saturated heterocycles. The zero-order valence-electron chi connectivity index (χ0n) is 16.0. The number of hydrogen-bond donors (Lipinski definition) is 1. The molecule has 2 aliphatic heterocycles. The Balaban J connectivity index is 1.80. The summed E-state index contributed by atoms with van der Waals surface area (Å²) in [6, 6.07) is 9.78. The lowest BCUT2D eigenvalue weighted by Crippen LogP contribution is -2.24. The smallest absolute Gasteiger partial charge is 0.414 e. The van der Waals surface area contributed by atoms with Crippen LogP contribution in [0.4, 0.5) is 10.5 Å². The Morgan fingerprint density at radius 2 is 2.04 bits per heavy atom. The van der Waals surface area contributed by atoms with Crippen LogP contribution in [0.3, 0.4) is 0 Å².